The van der Waals surface area contributed by atoms with Crippen LogP contribution in [0.2, 0.25) is 5.02 Å². The average Bonchev–Trinajstić information content (AvgIpc) is 3.20. The van der Waals surface area contributed by atoms with E-state index in [2.05, 4.69) is 10.3 Å². The van der Waals surface area contributed by atoms with E-state index in [9.17, 15) is 9.59 Å². The highest BCUT2D eigenvalue weighted by Gasteiger charge is 2.19. The fraction of sp³-hybridized carbons (Fsp3) is 0.148. The first-order chi connectivity index (χ1) is 17.5. The lowest BCUT2D eigenvalue weighted by Crippen LogP contribution is -2.25. The Morgan fingerprint density at radius 1 is 1.00 bits per heavy atom. The molecule has 0 fully saturated rings. The zero-order valence-corrected chi connectivity index (χ0v) is 20.5. The number of amides is 1. The van der Waals surface area contributed by atoms with E-state index in [0.29, 0.717) is 33.2 Å². The van der Waals surface area contributed by atoms with Crippen molar-refractivity contribution < 1.29 is 14.3 Å². The minimum absolute atomic E-state index is 0.0867. The third kappa shape index (κ3) is 4.38. The molecule has 0 saturated heterocycles. The number of nitrogens with one attached hydrogen (secondary N) is 1. The summed E-state index contributed by atoms with van der Waals surface area (Å²) in [5.41, 5.74) is 2.70. The van der Waals surface area contributed by atoms with Crippen molar-refractivity contribution in [2.45, 2.75) is 13.1 Å². The van der Waals surface area contributed by atoms with E-state index < -0.39 is 0 Å². The van der Waals surface area contributed by atoms with E-state index in [0.717, 1.165) is 16.5 Å². The Balaban J connectivity index is 1.56. The third-order valence-corrected chi connectivity index (χ3v) is 6.34. The van der Waals surface area contributed by atoms with Crippen LogP contribution in [0.15, 0.2) is 77.9 Å². The molecule has 182 valence electrons. The highest BCUT2D eigenvalue weighted by molar-refractivity contribution is 6.31. The van der Waals surface area contributed by atoms with Gasteiger partial charge in [0.1, 0.15) is 29.1 Å². The summed E-state index contributed by atoms with van der Waals surface area (Å²) in [4.78, 5) is 31.4. The van der Waals surface area contributed by atoms with Gasteiger partial charge in [-0.15, -0.1) is 0 Å². The van der Waals surface area contributed by atoms with Gasteiger partial charge in [-0.25, -0.2) is 4.98 Å². The number of anilines is 1. The summed E-state index contributed by atoms with van der Waals surface area (Å²) in [6.07, 6.45) is 1.52. The first-order valence-electron chi connectivity index (χ1n) is 11.2. The van der Waals surface area contributed by atoms with Gasteiger partial charge in [-0.1, -0.05) is 48.0 Å². The fourth-order valence-electron chi connectivity index (χ4n) is 4.26. The number of para-hydroxylation sites is 1. The Labute approximate surface area is 211 Å². The molecule has 0 aliphatic rings. The first kappa shape index (κ1) is 23.4. The van der Waals surface area contributed by atoms with Crippen molar-refractivity contribution >= 4 is 45.1 Å². The molecule has 0 aliphatic carbocycles. The second kappa shape index (κ2) is 9.75. The molecule has 1 amide bonds. The molecule has 36 heavy (non-hydrogen) atoms. The number of hydrogen-bond donors (Lipinski definition) is 1. The zero-order chi connectivity index (χ0) is 25.2. The number of hydrogen-bond acceptors (Lipinski definition) is 5. The molecule has 2 aromatic heterocycles. The number of fused-ring (bicyclic) bond motifs is 3. The second-order valence-electron chi connectivity index (χ2n) is 8.22. The molecule has 5 aromatic rings. The Hall–Kier alpha value is -4.30. The normalized spacial score (nSPS) is 11.1. The lowest BCUT2D eigenvalue weighted by atomic mass is 10.2. The van der Waals surface area contributed by atoms with Crippen molar-refractivity contribution in [3.63, 3.8) is 0 Å². The van der Waals surface area contributed by atoms with E-state index in [1.54, 1.807) is 43.1 Å². The number of carbonyl (C=O) groups excluding carboxylic acids is 1. The minimum Gasteiger partial charge on any atom is -0.497 e. The second-order valence-corrected chi connectivity index (χ2v) is 8.63. The van der Waals surface area contributed by atoms with E-state index >= 15 is 0 Å². The number of ether oxygens (including phenoxy) is 2. The molecule has 3 aromatic carbocycles. The van der Waals surface area contributed by atoms with Gasteiger partial charge in [0.05, 0.1) is 32.6 Å². The monoisotopic (exact) mass is 502 g/mol. The molecule has 9 heteroatoms. The maximum absolute atomic E-state index is 13.6. The van der Waals surface area contributed by atoms with Crippen LogP contribution in [0.25, 0.3) is 21.9 Å². The molecule has 0 saturated carbocycles. The van der Waals surface area contributed by atoms with Crippen LogP contribution < -0.4 is 20.3 Å². The first-order valence-corrected chi connectivity index (χ1v) is 11.6. The maximum Gasteiger partial charge on any atom is 0.278 e. The molecule has 0 bridgehead atoms. The Kier molecular flexibility index (Phi) is 6.35. The minimum atomic E-state index is -0.311. The van der Waals surface area contributed by atoms with Gasteiger partial charge < -0.3 is 19.4 Å². The molecule has 0 aliphatic heterocycles. The zero-order valence-electron chi connectivity index (χ0n) is 19.7. The van der Waals surface area contributed by atoms with Gasteiger partial charge in [0, 0.05) is 34.3 Å². The van der Waals surface area contributed by atoms with Gasteiger partial charge >= 0.3 is 0 Å². The molecule has 0 radical (unpaired) electrons. The van der Waals surface area contributed by atoms with Crippen molar-refractivity contribution in [1.29, 1.82) is 0 Å². The standard InChI is InChI=1S/C27H23ClN4O4/c1-35-19-11-18(12-20(13-19)36-2)30-24(33)15-32-23-10-6-4-8-21(23)25-26(32)27(34)31(16-29-25)14-17-7-3-5-9-22(17)28/h3-13,16H,14-15H2,1-2H3,(H,30,33). The van der Waals surface area contributed by atoms with Crippen LogP contribution in [-0.4, -0.2) is 34.2 Å². The van der Waals surface area contributed by atoms with E-state index in [-0.39, 0.29) is 24.6 Å². The number of nitrogens with zero attached hydrogens (tertiary/aromatic N) is 3. The lowest BCUT2D eigenvalue weighted by Gasteiger charge is -2.12. The summed E-state index contributed by atoms with van der Waals surface area (Å²) in [5, 5.41) is 4.24. The average molecular weight is 503 g/mol. The molecule has 0 atom stereocenters. The van der Waals surface area contributed by atoms with E-state index in [4.69, 9.17) is 21.1 Å². The fourth-order valence-corrected chi connectivity index (χ4v) is 4.45. The van der Waals surface area contributed by atoms with Crippen LogP contribution >= 0.6 is 11.6 Å². The predicted octanol–water partition coefficient (Wildman–Crippen LogP) is 4.71. The van der Waals surface area contributed by atoms with Crippen molar-refractivity contribution in [3.05, 3.63) is 94.0 Å². The SMILES string of the molecule is COc1cc(NC(=O)Cn2c3ccccc3c3ncn(Cc4ccccc4Cl)c(=O)c32)cc(OC)c1. The van der Waals surface area contributed by atoms with Crippen molar-refractivity contribution in [2.75, 3.05) is 19.5 Å². The van der Waals surface area contributed by atoms with Crippen molar-refractivity contribution in [2.24, 2.45) is 0 Å². The maximum atomic E-state index is 13.6. The summed E-state index contributed by atoms with van der Waals surface area (Å²) in [7, 11) is 3.08. The summed E-state index contributed by atoms with van der Waals surface area (Å²) >= 11 is 6.32. The summed E-state index contributed by atoms with van der Waals surface area (Å²) in [5.74, 6) is 0.787. The van der Waals surface area contributed by atoms with Gasteiger partial charge in [0.2, 0.25) is 5.91 Å². The highest BCUT2D eigenvalue weighted by Crippen LogP contribution is 2.28. The largest absolute Gasteiger partial charge is 0.497 e. The van der Waals surface area contributed by atoms with E-state index in [1.807, 2.05) is 42.5 Å². The van der Waals surface area contributed by atoms with Crippen LogP contribution in [-0.2, 0) is 17.9 Å². The van der Waals surface area contributed by atoms with Gasteiger partial charge in [-0.2, -0.15) is 0 Å². The Morgan fingerprint density at radius 2 is 1.69 bits per heavy atom. The summed E-state index contributed by atoms with van der Waals surface area (Å²) in [6.45, 7) is 0.176. The van der Waals surface area contributed by atoms with Crippen LogP contribution in [0, 0.1) is 0 Å². The summed E-state index contributed by atoms with van der Waals surface area (Å²) in [6, 6.07) is 20.0. The topological polar surface area (TPSA) is 87.4 Å². The molecule has 5 rings (SSSR count). The quantitative estimate of drug-likeness (QED) is 0.348. The van der Waals surface area contributed by atoms with Gasteiger partial charge in [0.15, 0.2) is 0 Å². The lowest BCUT2D eigenvalue weighted by molar-refractivity contribution is -0.116. The molecule has 8 nitrogen and oxygen atoms in total. The van der Waals surface area contributed by atoms with Crippen LogP contribution in [0.3, 0.4) is 0 Å². The number of benzene rings is 3. The van der Waals surface area contributed by atoms with Gasteiger partial charge in [-0.05, 0) is 17.7 Å². The smallest absolute Gasteiger partial charge is 0.278 e. The molecular formula is C27H23ClN4O4. The summed E-state index contributed by atoms with van der Waals surface area (Å²) < 4.78 is 13.8. The molecular weight excluding hydrogens is 480 g/mol. The van der Waals surface area contributed by atoms with Crippen LogP contribution in [0.5, 0.6) is 11.5 Å². The molecule has 0 unspecified atom stereocenters. The van der Waals surface area contributed by atoms with Crippen LogP contribution in [0.1, 0.15) is 5.56 Å². The molecule has 1 N–H and O–H groups in total. The van der Waals surface area contributed by atoms with Gasteiger partial charge in [-0.3, -0.25) is 14.2 Å². The Morgan fingerprint density at radius 3 is 2.42 bits per heavy atom. The highest BCUT2D eigenvalue weighted by atomic mass is 35.5. The molecule has 2 heterocycles. The predicted molar refractivity (Wildman–Crippen MR) is 140 cm³/mol. The number of carbonyl (C=O) groups is 1. The Bertz CT molecular complexity index is 1640. The van der Waals surface area contributed by atoms with Gasteiger partial charge in [0.25, 0.3) is 5.56 Å². The third-order valence-electron chi connectivity index (χ3n) is 5.97. The number of rotatable bonds is 7. The van der Waals surface area contributed by atoms with Crippen molar-refractivity contribution in [3.8, 4) is 11.5 Å². The number of aromatic nitrogens is 3. The number of halogens is 1. The molecule has 0 spiro atoms. The van der Waals surface area contributed by atoms with Crippen LogP contribution in [0.4, 0.5) is 5.69 Å². The van der Waals surface area contributed by atoms with E-state index in [1.165, 1.54) is 10.9 Å². The number of methoxy groups -OCH3 is 2. The van der Waals surface area contributed by atoms with Crippen molar-refractivity contribution in [1.82, 2.24) is 14.1 Å².